The lowest BCUT2D eigenvalue weighted by Gasteiger charge is -2.31. The highest BCUT2D eigenvalue weighted by atomic mass is 32.1. The van der Waals surface area contributed by atoms with Crippen LogP contribution in [0.1, 0.15) is 28.8 Å². The van der Waals surface area contributed by atoms with Crippen LogP contribution in [0.15, 0.2) is 46.7 Å². The molecular weight excluding hydrogens is 410 g/mol. The van der Waals surface area contributed by atoms with Crippen LogP contribution in [0.4, 0.5) is 0 Å². The lowest BCUT2D eigenvalue weighted by molar-refractivity contribution is 0.0952. The normalized spacial score (nSPS) is 15.7. The van der Waals surface area contributed by atoms with E-state index in [1.165, 1.54) is 5.56 Å². The molecule has 8 heteroatoms. The van der Waals surface area contributed by atoms with Crippen molar-refractivity contribution in [2.24, 2.45) is 0 Å². The van der Waals surface area contributed by atoms with E-state index in [1.54, 1.807) is 16.8 Å². The molecule has 1 amide bonds. The van der Waals surface area contributed by atoms with Gasteiger partial charge < -0.3 is 15.2 Å². The topological polar surface area (TPSA) is 83.0 Å². The number of hydrogen-bond donors (Lipinski definition) is 2. The predicted octanol–water partition coefficient (Wildman–Crippen LogP) is 3.01. The summed E-state index contributed by atoms with van der Waals surface area (Å²) >= 11 is 1.57. The summed E-state index contributed by atoms with van der Waals surface area (Å²) in [6, 6.07) is 12.0. The molecule has 0 radical (unpaired) electrons. The molecule has 3 heterocycles. The molecule has 5 rings (SSSR count). The third-order valence-electron chi connectivity index (χ3n) is 6.16. The fourth-order valence-corrected chi connectivity index (χ4v) is 5.09. The average molecular weight is 436 g/mol. The number of nitrogens with one attached hydrogen (secondary N) is 2. The van der Waals surface area contributed by atoms with Crippen molar-refractivity contribution in [3.05, 3.63) is 63.5 Å². The molecule has 0 saturated heterocycles. The van der Waals surface area contributed by atoms with E-state index in [0.29, 0.717) is 24.7 Å². The quantitative estimate of drug-likeness (QED) is 0.437. The standard InChI is InChI=1S/C23H25N5O2S/c1-27(17-11-15-5-4-6-18-21(15)28(13-17)23(30)26-18)10-3-2-9-24-22(29)16-7-8-20-19(12-16)25-14-31-20/h4-8,12,14,17H,2-3,9-11,13H2,1H3,(H,24,29)(H,26,30)/t17-/m1/s1. The molecule has 0 bridgehead atoms. The van der Waals surface area contributed by atoms with Crippen LogP contribution in [0, 0.1) is 0 Å². The van der Waals surface area contributed by atoms with E-state index in [-0.39, 0.29) is 11.6 Å². The summed E-state index contributed by atoms with van der Waals surface area (Å²) in [4.78, 5) is 34.3. The summed E-state index contributed by atoms with van der Waals surface area (Å²) < 4.78 is 2.96. The Morgan fingerprint density at radius 2 is 2.23 bits per heavy atom. The van der Waals surface area contributed by atoms with Crippen LogP contribution in [0.5, 0.6) is 0 Å². The molecule has 2 aromatic carbocycles. The van der Waals surface area contributed by atoms with Crippen LogP contribution in [-0.4, -0.2) is 51.5 Å². The Labute approximate surface area is 183 Å². The van der Waals surface area contributed by atoms with E-state index in [2.05, 4.69) is 33.3 Å². The van der Waals surface area contributed by atoms with Crippen LogP contribution < -0.4 is 11.0 Å². The molecule has 31 heavy (non-hydrogen) atoms. The molecule has 4 aromatic rings. The minimum absolute atomic E-state index is 0.0286. The van der Waals surface area contributed by atoms with Crippen LogP contribution in [-0.2, 0) is 13.0 Å². The molecule has 0 fully saturated rings. The highest BCUT2D eigenvalue weighted by Crippen LogP contribution is 2.24. The maximum Gasteiger partial charge on any atom is 0.326 e. The van der Waals surface area contributed by atoms with E-state index in [1.807, 2.05) is 34.9 Å². The maximum absolute atomic E-state index is 12.4. The lowest BCUT2D eigenvalue weighted by atomic mass is 9.99. The Kier molecular flexibility index (Phi) is 5.33. The molecule has 0 spiro atoms. The molecule has 2 N–H and O–H groups in total. The van der Waals surface area contributed by atoms with Crippen molar-refractivity contribution < 1.29 is 4.79 Å². The van der Waals surface area contributed by atoms with Crippen molar-refractivity contribution >= 4 is 38.5 Å². The third kappa shape index (κ3) is 3.88. The molecule has 0 saturated carbocycles. The number of nitrogens with zero attached hydrogens (tertiary/aromatic N) is 3. The first kappa shape index (κ1) is 20.0. The first-order chi connectivity index (χ1) is 15.1. The van der Waals surface area contributed by atoms with Crippen LogP contribution in [0.25, 0.3) is 21.3 Å². The van der Waals surface area contributed by atoms with Gasteiger partial charge in [-0.3, -0.25) is 9.36 Å². The smallest absolute Gasteiger partial charge is 0.326 e. The van der Waals surface area contributed by atoms with E-state index in [4.69, 9.17) is 0 Å². The van der Waals surface area contributed by atoms with Gasteiger partial charge in [-0.05, 0) is 62.7 Å². The monoisotopic (exact) mass is 435 g/mol. The number of H-pyrrole nitrogens is 1. The molecule has 1 aliphatic rings. The number of rotatable bonds is 7. The number of para-hydroxylation sites is 1. The number of carbonyl (C=O) groups is 1. The number of unbranched alkanes of at least 4 members (excludes halogenated alkanes) is 1. The fraction of sp³-hybridized carbons (Fsp3) is 0.348. The van der Waals surface area contributed by atoms with E-state index >= 15 is 0 Å². The number of aromatic amines is 1. The van der Waals surface area contributed by atoms with Crippen molar-refractivity contribution in [3.8, 4) is 0 Å². The zero-order valence-electron chi connectivity index (χ0n) is 17.4. The highest BCUT2D eigenvalue weighted by Gasteiger charge is 2.25. The Bertz CT molecular complexity index is 1300. The van der Waals surface area contributed by atoms with Crippen molar-refractivity contribution in [1.29, 1.82) is 0 Å². The Hall–Kier alpha value is -2.97. The third-order valence-corrected chi connectivity index (χ3v) is 6.97. The first-order valence-corrected chi connectivity index (χ1v) is 11.5. The average Bonchev–Trinajstić information content (AvgIpc) is 3.38. The molecule has 1 atom stereocenters. The molecular formula is C23H25N5O2S. The number of thiazole rings is 1. The number of hydrogen-bond acceptors (Lipinski definition) is 5. The number of likely N-dealkylation sites (N-methyl/N-ethyl adjacent to an activating group) is 1. The molecule has 2 aromatic heterocycles. The summed E-state index contributed by atoms with van der Waals surface area (Å²) in [5, 5.41) is 3.01. The van der Waals surface area contributed by atoms with Crippen LogP contribution >= 0.6 is 11.3 Å². The minimum atomic E-state index is -0.0528. The first-order valence-electron chi connectivity index (χ1n) is 10.6. The summed E-state index contributed by atoms with van der Waals surface area (Å²) in [6.45, 7) is 2.28. The van der Waals surface area contributed by atoms with E-state index < -0.39 is 0 Å². The number of aromatic nitrogens is 3. The van der Waals surface area contributed by atoms with Crippen LogP contribution in [0.2, 0.25) is 0 Å². The minimum Gasteiger partial charge on any atom is -0.352 e. The van der Waals surface area contributed by atoms with Gasteiger partial charge in [0.2, 0.25) is 0 Å². The Morgan fingerprint density at radius 1 is 1.32 bits per heavy atom. The van der Waals surface area contributed by atoms with Crippen LogP contribution in [0.3, 0.4) is 0 Å². The molecule has 160 valence electrons. The zero-order chi connectivity index (χ0) is 21.4. The number of carbonyl (C=O) groups excluding carboxylic acids is 1. The summed E-state index contributed by atoms with van der Waals surface area (Å²) in [6.07, 6.45) is 2.84. The highest BCUT2D eigenvalue weighted by molar-refractivity contribution is 7.16. The van der Waals surface area contributed by atoms with Gasteiger partial charge in [0, 0.05) is 24.7 Å². The van der Waals surface area contributed by atoms with E-state index in [0.717, 1.165) is 47.1 Å². The van der Waals surface area contributed by atoms with E-state index in [9.17, 15) is 9.59 Å². The largest absolute Gasteiger partial charge is 0.352 e. The molecule has 0 aliphatic carbocycles. The van der Waals surface area contributed by atoms with Gasteiger partial charge in [0.05, 0.1) is 26.8 Å². The second-order valence-electron chi connectivity index (χ2n) is 8.19. The van der Waals surface area contributed by atoms with Crippen molar-refractivity contribution in [1.82, 2.24) is 24.8 Å². The lowest BCUT2D eigenvalue weighted by Crippen LogP contribution is -2.42. The maximum atomic E-state index is 12.4. The van der Waals surface area contributed by atoms with Gasteiger partial charge >= 0.3 is 5.69 Å². The van der Waals surface area contributed by atoms with Crippen molar-refractivity contribution in [2.75, 3.05) is 20.1 Å². The SMILES string of the molecule is CN(CCCCNC(=O)c1ccc2scnc2c1)[C@@H]1Cc2cccc3[nH]c(=O)n(c23)C1. The molecule has 1 aliphatic heterocycles. The second-order valence-corrected chi connectivity index (χ2v) is 9.08. The van der Waals surface area contributed by atoms with Gasteiger partial charge in [-0.2, -0.15) is 0 Å². The second kappa shape index (κ2) is 8.28. The molecule has 0 unspecified atom stereocenters. The number of imidazole rings is 1. The predicted molar refractivity (Wildman–Crippen MR) is 124 cm³/mol. The van der Waals surface area contributed by atoms with Crippen molar-refractivity contribution in [3.63, 3.8) is 0 Å². The Morgan fingerprint density at radius 3 is 3.13 bits per heavy atom. The van der Waals surface area contributed by atoms with Gasteiger partial charge in [-0.15, -0.1) is 11.3 Å². The number of amides is 1. The zero-order valence-corrected chi connectivity index (χ0v) is 18.2. The summed E-state index contributed by atoms with van der Waals surface area (Å²) in [5.74, 6) is -0.0528. The van der Waals surface area contributed by atoms with Gasteiger partial charge in [-0.25, -0.2) is 9.78 Å². The Balaban J connectivity index is 1.10. The fourth-order valence-electron chi connectivity index (χ4n) is 4.43. The van der Waals surface area contributed by atoms with Crippen molar-refractivity contribution in [2.45, 2.75) is 31.8 Å². The van der Waals surface area contributed by atoms with Gasteiger partial charge in [0.15, 0.2) is 0 Å². The number of fused-ring (bicyclic) bond motifs is 1. The molecule has 7 nitrogen and oxygen atoms in total. The summed E-state index contributed by atoms with van der Waals surface area (Å²) in [5.41, 5.74) is 6.49. The van der Waals surface area contributed by atoms with Gasteiger partial charge in [-0.1, -0.05) is 12.1 Å². The van der Waals surface area contributed by atoms with Gasteiger partial charge in [0.25, 0.3) is 5.91 Å². The van der Waals surface area contributed by atoms with Gasteiger partial charge in [0.1, 0.15) is 0 Å². The summed E-state index contributed by atoms with van der Waals surface area (Å²) in [7, 11) is 2.12. The number of benzene rings is 2.